The van der Waals surface area contributed by atoms with Gasteiger partial charge in [-0.3, -0.25) is 14.4 Å². The third-order valence-corrected chi connectivity index (χ3v) is 4.28. The first-order chi connectivity index (χ1) is 11.5. The molecule has 7 heteroatoms. The molecule has 1 aliphatic rings. The van der Waals surface area contributed by atoms with Gasteiger partial charge in [0.05, 0.1) is 13.2 Å². The van der Waals surface area contributed by atoms with Crippen molar-refractivity contribution in [3.63, 3.8) is 0 Å². The number of benzene rings is 1. The maximum atomic E-state index is 12.1. The highest BCUT2D eigenvalue weighted by atomic mass is 35.5. The molecule has 24 heavy (non-hydrogen) atoms. The summed E-state index contributed by atoms with van der Waals surface area (Å²) in [7, 11) is 1.32. The summed E-state index contributed by atoms with van der Waals surface area (Å²) >= 11 is 6.12. The highest BCUT2D eigenvalue weighted by Gasteiger charge is 2.30. The largest absolute Gasteiger partial charge is 0.469 e. The first-order valence-electron chi connectivity index (χ1n) is 7.87. The number of rotatable bonds is 7. The first kappa shape index (κ1) is 18.3. The van der Waals surface area contributed by atoms with E-state index in [1.165, 1.54) is 7.11 Å². The van der Waals surface area contributed by atoms with Crippen molar-refractivity contribution < 1.29 is 19.1 Å². The number of nitrogens with one attached hydrogen (secondary N) is 1. The van der Waals surface area contributed by atoms with Gasteiger partial charge in [-0.05, 0) is 18.1 Å². The second-order valence-corrected chi connectivity index (χ2v) is 6.17. The van der Waals surface area contributed by atoms with Gasteiger partial charge in [0.2, 0.25) is 11.8 Å². The van der Waals surface area contributed by atoms with E-state index in [1.807, 2.05) is 18.2 Å². The number of hydrogen-bond acceptors (Lipinski definition) is 4. The first-order valence-corrected chi connectivity index (χ1v) is 8.24. The average molecular weight is 353 g/mol. The zero-order valence-electron chi connectivity index (χ0n) is 13.6. The van der Waals surface area contributed by atoms with Crippen molar-refractivity contribution in [3.05, 3.63) is 34.9 Å². The zero-order chi connectivity index (χ0) is 17.5. The van der Waals surface area contributed by atoms with Gasteiger partial charge in [-0.1, -0.05) is 29.8 Å². The summed E-state index contributed by atoms with van der Waals surface area (Å²) in [5, 5.41) is 3.47. The molecule has 1 aromatic rings. The molecular weight excluding hydrogens is 332 g/mol. The van der Waals surface area contributed by atoms with Gasteiger partial charge in [0, 0.05) is 37.4 Å². The number of hydrogen-bond donors (Lipinski definition) is 1. The molecule has 0 radical (unpaired) electrons. The molecule has 1 aliphatic heterocycles. The molecular formula is C17H21ClN2O4. The fraction of sp³-hybridized carbons (Fsp3) is 0.471. The summed E-state index contributed by atoms with van der Waals surface area (Å²) in [6.45, 7) is 0.903. The Hall–Kier alpha value is -2.08. The highest BCUT2D eigenvalue weighted by Crippen LogP contribution is 2.20. The number of methoxy groups -OCH3 is 1. The predicted octanol–water partition coefficient (Wildman–Crippen LogP) is 1.90. The van der Waals surface area contributed by atoms with Crippen LogP contribution < -0.4 is 5.32 Å². The van der Waals surface area contributed by atoms with Crippen molar-refractivity contribution in [2.45, 2.75) is 38.3 Å². The Labute approximate surface area is 146 Å². The van der Waals surface area contributed by atoms with E-state index in [0.29, 0.717) is 24.5 Å². The molecule has 1 heterocycles. The SMILES string of the molecule is COC(=O)CCCC(=O)N[C@@H]1CC(=O)N(Cc2ccccc2Cl)C1. The lowest BCUT2D eigenvalue weighted by molar-refractivity contribution is -0.140. The maximum Gasteiger partial charge on any atom is 0.305 e. The number of esters is 1. The minimum Gasteiger partial charge on any atom is -0.469 e. The predicted molar refractivity (Wildman–Crippen MR) is 89.3 cm³/mol. The molecule has 6 nitrogen and oxygen atoms in total. The monoisotopic (exact) mass is 352 g/mol. The lowest BCUT2D eigenvalue weighted by Crippen LogP contribution is -2.37. The molecule has 1 saturated heterocycles. The van der Waals surface area contributed by atoms with Crippen molar-refractivity contribution in [3.8, 4) is 0 Å². The molecule has 2 rings (SSSR count). The molecule has 130 valence electrons. The minimum atomic E-state index is -0.329. The van der Waals surface area contributed by atoms with Gasteiger partial charge >= 0.3 is 5.97 Å². The number of carbonyl (C=O) groups excluding carboxylic acids is 3. The smallest absolute Gasteiger partial charge is 0.305 e. The van der Waals surface area contributed by atoms with Crippen molar-refractivity contribution in [2.75, 3.05) is 13.7 Å². The molecule has 1 atom stereocenters. The molecule has 1 aromatic carbocycles. The summed E-state index contributed by atoms with van der Waals surface area (Å²) in [5.74, 6) is -0.490. The molecule has 0 bridgehead atoms. The third-order valence-electron chi connectivity index (χ3n) is 3.91. The third kappa shape index (κ3) is 5.23. The van der Waals surface area contributed by atoms with Crippen molar-refractivity contribution in [1.29, 1.82) is 0 Å². The second-order valence-electron chi connectivity index (χ2n) is 5.76. The summed E-state index contributed by atoms with van der Waals surface area (Å²) in [6, 6.07) is 7.19. The summed E-state index contributed by atoms with van der Waals surface area (Å²) in [6.07, 6.45) is 1.17. The normalized spacial score (nSPS) is 17.0. The zero-order valence-corrected chi connectivity index (χ0v) is 14.3. The quantitative estimate of drug-likeness (QED) is 0.760. The highest BCUT2D eigenvalue weighted by molar-refractivity contribution is 6.31. The number of halogens is 1. The van der Waals surface area contributed by atoms with E-state index in [1.54, 1.807) is 11.0 Å². The Kier molecular flexibility index (Phi) is 6.61. The molecule has 0 spiro atoms. The summed E-state index contributed by atoms with van der Waals surface area (Å²) in [4.78, 5) is 36.7. The van der Waals surface area contributed by atoms with E-state index in [0.717, 1.165) is 5.56 Å². The Morgan fingerprint density at radius 1 is 1.33 bits per heavy atom. The Morgan fingerprint density at radius 2 is 2.08 bits per heavy atom. The van der Waals surface area contributed by atoms with Crippen molar-refractivity contribution in [2.24, 2.45) is 0 Å². The fourth-order valence-electron chi connectivity index (χ4n) is 2.65. The minimum absolute atomic E-state index is 0.00483. The number of nitrogens with zero attached hydrogens (tertiary/aromatic N) is 1. The van der Waals surface area contributed by atoms with Crippen LogP contribution in [0.25, 0.3) is 0 Å². The van der Waals surface area contributed by atoms with E-state index in [9.17, 15) is 14.4 Å². The van der Waals surface area contributed by atoms with Crippen LogP contribution in [-0.4, -0.2) is 42.4 Å². The van der Waals surface area contributed by atoms with Gasteiger partial charge in [-0.25, -0.2) is 0 Å². The number of ether oxygens (including phenoxy) is 1. The number of amides is 2. The number of carbonyl (C=O) groups is 3. The van der Waals surface area contributed by atoms with E-state index >= 15 is 0 Å². The molecule has 0 unspecified atom stereocenters. The Balaban J connectivity index is 1.78. The van der Waals surface area contributed by atoms with Gasteiger partial charge in [0.25, 0.3) is 0 Å². The Bertz CT molecular complexity index is 620. The molecule has 0 saturated carbocycles. The van der Waals surface area contributed by atoms with Crippen LogP contribution in [0.2, 0.25) is 5.02 Å². The summed E-state index contributed by atoms with van der Waals surface area (Å²) < 4.78 is 4.53. The standard InChI is InChI=1S/C17H21ClN2O4/c1-24-17(23)8-4-7-15(21)19-13-9-16(22)20(11-13)10-12-5-2-3-6-14(12)18/h2-3,5-6,13H,4,7-11H2,1H3,(H,19,21)/t13-/m1/s1. The van der Waals surface area contributed by atoms with Crippen LogP contribution in [0.15, 0.2) is 24.3 Å². The van der Waals surface area contributed by atoms with Crippen LogP contribution in [0.1, 0.15) is 31.2 Å². The fourth-order valence-corrected chi connectivity index (χ4v) is 2.84. The van der Waals surface area contributed by atoms with Crippen LogP contribution in [-0.2, 0) is 25.7 Å². The Morgan fingerprint density at radius 3 is 2.79 bits per heavy atom. The molecule has 0 aliphatic carbocycles. The van der Waals surface area contributed by atoms with Gasteiger partial charge in [0.1, 0.15) is 0 Å². The second kappa shape index (κ2) is 8.68. The van der Waals surface area contributed by atoms with Gasteiger partial charge in [-0.2, -0.15) is 0 Å². The lowest BCUT2D eigenvalue weighted by atomic mass is 10.2. The van der Waals surface area contributed by atoms with Gasteiger partial charge in [-0.15, -0.1) is 0 Å². The van der Waals surface area contributed by atoms with E-state index in [4.69, 9.17) is 11.6 Å². The number of likely N-dealkylation sites (tertiary alicyclic amines) is 1. The van der Waals surface area contributed by atoms with Crippen LogP contribution in [0.5, 0.6) is 0 Å². The topological polar surface area (TPSA) is 75.7 Å². The van der Waals surface area contributed by atoms with Crippen LogP contribution in [0.4, 0.5) is 0 Å². The van der Waals surface area contributed by atoms with Crippen LogP contribution in [0.3, 0.4) is 0 Å². The van der Waals surface area contributed by atoms with Crippen molar-refractivity contribution >= 4 is 29.4 Å². The van der Waals surface area contributed by atoms with Crippen LogP contribution in [0, 0.1) is 0 Å². The summed E-state index contributed by atoms with van der Waals surface area (Å²) in [5.41, 5.74) is 0.887. The average Bonchev–Trinajstić information content (AvgIpc) is 2.88. The molecule has 0 aromatic heterocycles. The van der Waals surface area contributed by atoms with E-state index < -0.39 is 0 Å². The molecule has 1 N–H and O–H groups in total. The van der Waals surface area contributed by atoms with Gasteiger partial charge in [0.15, 0.2) is 0 Å². The lowest BCUT2D eigenvalue weighted by Gasteiger charge is -2.18. The van der Waals surface area contributed by atoms with Crippen molar-refractivity contribution in [1.82, 2.24) is 10.2 Å². The molecule has 2 amide bonds. The van der Waals surface area contributed by atoms with Crippen LogP contribution >= 0.6 is 11.6 Å². The maximum absolute atomic E-state index is 12.1. The van der Waals surface area contributed by atoms with Gasteiger partial charge < -0.3 is 15.0 Å². The molecule has 1 fully saturated rings. The van der Waals surface area contributed by atoms with E-state index in [-0.39, 0.29) is 43.1 Å². The van der Waals surface area contributed by atoms with E-state index in [2.05, 4.69) is 10.1 Å².